The zero-order chi connectivity index (χ0) is 15.8. The fourth-order valence-corrected chi connectivity index (χ4v) is 1.72. The molecule has 0 aliphatic heterocycles. The fraction of sp³-hybridized carbons (Fsp3) is 0.176. The zero-order valence-corrected chi connectivity index (χ0v) is 12.2. The number of benzene rings is 2. The molecule has 0 spiro atoms. The second-order valence-corrected chi connectivity index (χ2v) is 4.35. The van der Waals surface area contributed by atoms with Crippen molar-refractivity contribution in [2.24, 2.45) is 0 Å². The molecule has 0 aromatic heterocycles. The van der Waals surface area contributed by atoms with Gasteiger partial charge in [0.15, 0.2) is 6.61 Å². The number of hydrogen-bond donors (Lipinski definition) is 0. The quantitative estimate of drug-likeness (QED) is 0.447. The van der Waals surface area contributed by atoms with Crippen LogP contribution in [0.1, 0.15) is 17.3 Å². The molecule has 0 amide bonds. The smallest absolute Gasteiger partial charge is 0.349 e. The van der Waals surface area contributed by atoms with Gasteiger partial charge in [0.05, 0.1) is 6.61 Å². The number of aldehydes is 1. The molecule has 0 bridgehead atoms. The molecule has 0 aliphatic carbocycles. The highest BCUT2D eigenvalue weighted by molar-refractivity contribution is 5.76. The lowest BCUT2D eigenvalue weighted by Gasteiger charge is -2.08. The first kappa shape index (κ1) is 15.6. The van der Waals surface area contributed by atoms with Gasteiger partial charge in [0.25, 0.3) is 0 Å². The number of hydrogen-bond acceptors (Lipinski definition) is 5. The van der Waals surface area contributed by atoms with Crippen LogP contribution in [-0.4, -0.2) is 25.5 Å². The number of carbonyl (C=O) groups excluding carboxylic acids is 2. The summed E-state index contributed by atoms with van der Waals surface area (Å²) in [4.78, 5) is 22.2. The molecule has 0 fully saturated rings. The minimum atomic E-state index is -0.521. The van der Waals surface area contributed by atoms with E-state index in [1.54, 1.807) is 48.5 Å². The highest BCUT2D eigenvalue weighted by atomic mass is 16.6. The van der Waals surface area contributed by atoms with Crippen molar-refractivity contribution in [3.05, 3.63) is 54.1 Å². The molecule has 0 saturated carbocycles. The molecule has 2 aromatic carbocycles. The zero-order valence-electron chi connectivity index (χ0n) is 12.2. The summed E-state index contributed by atoms with van der Waals surface area (Å²) in [5.41, 5.74) is 0.519. The van der Waals surface area contributed by atoms with Crippen molar-refractivity contribution in [2.75, 3.05) is 13.2 Å². The van der Waals surface area contributed by atoms with E-state index in [1.807, 2.05) is 6.92 Å². The Morgan fingerprint density at radius 3 is 2.00 bits per heavy atom. The summed E-state index contributed by atoms with van der Waals surface area (Å²) in [6.07, 6.45) is 0.723. The molecule has 0 heterocycles. The topological polar surface area (TPSA) is 61.8 Å². The second kappa shape index (κ2) is 7.83. The largest absolute Gasteiger partial charge is 0.494 e. The minimum absolute atomic E-state index is 0.205. The van der Waals surface area contributed by atoms with Crippen LogP contribution in [0.5, 0.6) is 17.2 Å². The van der Waals surface area contributed by atoms with Gasteiger partial charge in [0, 0.05) is 5.56 Å². The lowest BCUT2D eigenvalue weighted by Crippen LogP contribution is -2.17. The Morgan fingerprint density at radius 2 is 1.45 bits per heavy atom. The Kier molecular flexibility index (Phi) is 5.54. The van der Waals surface area contributed by atoms with E-state index >= 15 is 0 Å². The van der Waals surface area contributed by atoms with E-state index in [0.717, 1.165) is 12.0 Å². The van der Waals surface area contributed by atoms with Crippen LogP contribution in [0.3, 0.4) is 0 Å². The maximum absolute atomic E-state index is 11.7. The van der Waals surface area contributed by atoms with E-state index in [9.17, 15) is 9.59 Å². The van der Waals surface area contributed by atoms with Crippen LogP contribution in [0.4, 0.5) is 0 Å². The van der Waals surface area contributed by atoms with Gasteiger partial charge in [-0.2, -0.15) is 0 Å². The first-order valence-corrected chi connectivity index (χ1v) is 6.83. The van der Waals surface area contributed by atoms with Crippen LogP contribution in [0.25, 0.3) is 0 Å². The molecule has 0 atom stereocenters. The molecule has 2 rings (SSSR count). The van der Waals surface area contributed by atoms with Crippen LogP contribution in [0.15, 0.2) is 48.5 Å². The van der Waals surface area contributed by atoms with E-state index in [0.29, 0.717) is 23.7 Å². The number of rotatable bonds is 7. The molecule has 0 unspecified atom stereocenters. The second-order valence-electron chi connectivity index (χ2n) is 4.35. The maximum atomic E-state index is 11.7. The number of carbonyl (C=O) groups is 2. The standard InChI is InChI=1S/C17H16O5/c1-2-20-14-7-9-15(10-8-14)21-12-17(19)22-16-5-3-13(11-18)4-6-16/h3-11H,2,12H2,1H3. The van der Waals surface area contributed by atoms with E-state index < -0.39 is 5.97 Å². The Balaban J connectivity index is 1.82. The van der Waals surface area contributed by atoms with Crippen molar-refractivity contribution in [1.82, 2.24) is 0 Å². The summed E-state index contributed by atoms with van der Waals surface area (Å²) in [5.74, 6) is 1.14. The Bertz CT molecular complexity index is 617. The lowest BCUT2D eigenvalue weighted by molar-refractivity contribution is -0.136. The Hall–Kier alpha value is -2.82. The minimum Gasteiger partial charge on any atom is -0.494 e. The van der Waals surface area contributed by atoms with E-state index in [1.165, 1.54) is 0 Å². The summed E-state index contributed by atoms with van der Waals surface area (Å²) in [7, 11) is 0. The van der Waals surface area contributed by atoms with Gasteiger partial charge in [-0.1, -0.05) is 0 Å². The molecule has 5 heteroatoms. The molecule has 0 saturated heterocycles. The summed E-state index contributed by atoms with van der Waals surface area (Å²) in [5, 5.41) is 0. The normalized spacial score (nSPS) is 9.86. The predicted molar refractivity (Wildman–Crippen MR) is 80.6 cm³/mol. The van der Waals surface area contributed by atoms with Crippen LogP contribution in [0, 0.1) is 0 Å². The number of esters is 1. The van der Waals surface area contributed by atoms with Crippen molar-refractivity contribution in [3.8, 4) is 17.2 Å². The van der Waals surface area contributed by atoms with Crippen molar-refractivity contribution >= 4 is 12.3 Å². The van der Waals surface area contributed by atoms with Gasteiger partial charge in [-0.05, 0) is 55.5 Å². The fourth-order valence-electron chi connectivity index (χ4n) is 1.72. The highest BCUT2D eigenvalue weighted by Gasteiger charge is 2.06. The van der Waals surface area contributed by atoms with Crippen molar-refractivity contribution < 1.29 is 23.8 Å². The van der Waals surface area contributed by atoms with Crippen LogP contribution < -0.4 is 14.2 Å². The van der Waals surface area contributed by atoms with Gasteiger partial charge < -0.3 is 14.2 Å². The summed E-state index contributed by atoms with van der Waals surface area (Å²) < 4.78 is 15.7. The van der Waals surface area contributed by atoms with E-state index in [-0.39, 0.29) is 6.61 Å². The summed E-state index contributed by atoms with van der Waals surface area (Å²) >= 11 is 0. The lowest BCUT2D eigenvalue weighted by atomic mass is 10.2. The SMILES string of the molecule is CCOc1ccc(OCC(=O)Oc2ccc(C=O)cc2)cc1. The van der Waals surface area contributed by atoms with Gasteiger partial charge in [0.1, 0.15) is 23.5 Å². The van der Waals surface area contributed by atoms with Crippen LogP contribution in [0.2, 0.25) is 0 Å². The first-order valence-electron chi connectivity index (χ1n) is 6.83. The van der Waals surface area contributed by atoms with Crippen LogP contribution in [-0.2, 0) is 4.79 Å². The number of ether oxygens (including phenoxy) is 3. The molecule has 0 aliphatic rings. The summed E-state index contributed by atoms with van der Waals surface area (Å²) in [6.45, 7) is 2.29. The third kappa shape index (κ3) is 4.63. The van der Waals surface area contributed by atoms with Gasteiger partial charge in [-0.15, -0.1) is 0 Å². The molecule has 0 radical (unpaired) electrons. The van der Waals surface area contributed by atoms with E-state index in [2.05, 4.69) is 0 Å². The third-order valence-corrected chi connectivity index (χ3v) is 2.74. The molecule has 2 aromatic rings. The van der Waals surface area contributed by atoms with Crippen molar-refractivity contribution in [2.45, 2.75) is 6.92 Å². The monoisotopic (exact) mass is 300 g/mol. The molecular formula is C17H16O5. The van der Waals surface area contributed by atoms with Gasteiger partial charge >= 0.3 is 5.97 Å². The van der Waals surface area contributed by atoms with Gasteiger partial charge in [-0.3, -0.25) is 4.79 Å². The summed E-state index contributed by atoms with van der Waals surface area (Å²) in [6, 6.07) is 13.2. The average Bonchev–Trinajstić information content (AvgIpc) is 2.55. The van der Waals surface area contributed by atoms with Crippen LogP contribution >= 0.6 is 0 Å². The van der Waals surface area contributed by atoms with Gasteiger partial charge in [0.2, 0.25) is 0 Å². The average molecular weight is 300 g/mol. The van der Waals surface area contributed by atoms with Crippen molar-refractivity contribution in [1.29, 1.82) is 0 Å². The molecule has 0 N–H and O–H groups in total. The molecular weight excluding hydrogens is 284 g/mol. The predicted octanol–water partition coefficient (Wildman–Crippen LogP) is 2.88. The Labute approximate surface area is 128 Å². The van der Waals surface area contributed by atoms with Gasteiger partial charge in [-0.25, -0.2) is 4.79 Å². The first-order chi connectivity index (χ1) is 10.7. The van der Waals surface area contributed by atoms with Crippen molar-refractivity contribution in [3.63, 3.8) is 0 Å². The van der Waals surface area contributed by atoms with E-state index in [4.69, 9.17) is 14.2 Å². The maximum Gasteiger partial charge on any atom is 0.349 e. The highest BCUT2D eigenvalue weighted by Crippen LogP contribution is 2.17. The molecule has 114 valence electrons. The molecule has 5 nitrogen and oxygen atoms in total. The Morgan fingerprint density at radius 1 is 0.909 bits per heavy atom. The third-order valence-electron chi connectivity index (χ3n) is 2.74. The molecule has 22 heavy (non-hydrogen) atoms.